The summed E-state index contributed by atoms with van der Waals surface area (Å²) >= 11 is 0. The first kappa shape index (κ1) is 15.0. The molecule has 0 aromatic rings. The molecule has 0 aromatic heterocycles. The third-order valence-electron chi connectivity index (χ3n) is 8.45. The van der Waals surface area contributed by atoms with E-state index in [0.29, 0.717) is 10.8 Å². The van der Waals surface area contributed by atoms with Gasteiger partial charge in [0.05, 0.1) is 6.10 Å². The highest BCUT2D eigenvalue weighted by atomic mass is 16.3. The van der Waals surface area contributed by atoms with Gasteiger partial charge in [0.1, 0.15) is 0 Å². The average molecular weight is 300 g/mol. The van der Waals surface area contributed by atoms with Crippen LogP contribution in [-0.4, -0.2) is 11.2 Å². The van der Waals surface area contributed by atoms with Crippen molar-refractivity contribution in [2.75, 3.05) is 0 Å². The van der Waals surface area contributed by atoms with E-state index >= 15 is 0 Å². The second-order valence-corrected chi connectivity index (χ2v) is 9.09. The molecular formula is C21H32O. The fraction of sp³-hybridized carbons (Fsp3) is 0.810. The summed E-state index contributed by atoms with van der Waals surface area (Å²) in [6.45, 7) is 9.21. The molecule has 0 heterocycles. The quantitative estimate of drug-likeness (QED) is 0.667. The lowest BCUT2D eigenvalue weighted by Gasteiger charge is -2.58. The van der Waals surface area contributed by atoms with Gasteiger partial charge >= 0.3 is 0 Å². The zero-order valence-electron chi connectivity index (χ0n) is 14.4. The molecule has 0 radical (unpaired) electrons. The third-order valence-corrected chi connectivity index (χ3v) is 8.45. The van der Waals surface area contributed by atoms with Gasteiger partial charge in [-0.3, -0.25) is 0 Å². The van der Waals surface area contributed by atoms with Crippen molar-refractivity contribution in [1.29, 1.82) is 0 Å². The van der Waals surface area contributed by atoms with E-state index in [1.54, 1.807) is 5.57 Å². The average Bonchev–Trinajstić information content (AvgIpc) is 2.84. The van der Waals surface area contributed by atoms with Crippen molar-refractivity contribution in [2.24, 2.45) is 34.5 Å². The van der Waals surface area contributed by atoms with E-state index in [4.69, 9.17) is 0 Å². The monoisotopic (exact) mass is 300 g/mol. The maximum atomic E-state index is 10.0. The van der Waals surface area contributed by atoms with Crippen LogP contribution in [0.25, 0.3) is 0 Å². The summed E-state index contributed by atoms with van der Waals surface area (Å²) < 4.78 is 0. The maximum Gasteiger partial charge on any atom is 0.0724 e. The van der Waals surface area contributed by atoms with Gasteiger partial charge in [-0.1, -0.05) is 31.6 Å². The molecule has 122 valence electrons. The minimum absolute atomic E-state index is 0.176. The Hall–Kier alpha value is -0.560. The lowest BCUT2D eigenvalue weighted by atomic mass is 9.47. The molecule has 0 saturated heterocycles. The molecule has 4 rings (SSSR count). The zero-order valence-corrected chi connectivity index (χ0v) is 14.4. The molecule has 1 heteroatoms. The molecule has 1 nitrogen and oxygen atoms in total. The Morgan fingerprint density at radius 2 is 1.91 bits per heavy atom. The Labute approximate surface area is 135 Å². The van der Waals surface area contributed by atoms with Crippen molar-refractivity contribution in [3.63, 3.8) is 0 Å². The zero-order chi connectivity index (χ0) is 15.5. The molecule has 0 bridgehead atoms. The van der Waals surface area contributed by atoms with Crippen molar-refractivity contribution in [2.45, 2.75) is 71.3 Å². The second-order valence-electron chi connectivity index (χ2n) is 9.09. The second kappa shape index (κ2) is 4.97. The van der Waals surface area contributed by atoms with Gasteiger partial charge in [-0.25, -0.2) is 0 Å². The lowest BCUT2D eigenvalue weighted by Crippen LogP contribution is -2.50. The van der Waals surface area contributed by atoms with E-state index in [-0.39, 0.29) is 6.10 Å². The summed E-state index contributed by atoms with van der Waals surface area (Å²) in [4.78, 5) is 0. The molecule has 0 aromatic carbocycles. The number of hydrogen-bond acceptors (Lipinski definition) is 1. The first-order chi connectivity index (χ1) is 10.5. The highest BCUT2D eigenvalue weighted by molar-refractivity contribution is 5.25. The lowest BCUT2D eigenvalue weighted by molar-refractivity contribution is -0.0495. The van der Waals surface area contributed by atoms with Gasteiger partial charge in [0.2, 0.25) is 0 Å². The number of aliphatic hydroxyl groups is 1. The SMILES string of the molecule is C=C[C@H]1CCC2C3CCC4=C[C@@H](O)CC[C@]4(C)C3CC[C@@]21C. The van der Waals surface area contributed by atoms with Crippen molar-refractivity contribution >= 4 is 0 Å². The molecule has 3 unspecified atom stereocenters. The van der Waals surface area contributed by atoms with Crippen LogP contribution in [0.4, 0.5) is 0 Å². The molecule has 3 fully saturated rings. The number of aliphatic hydroxyl groups excluding tert-OH is 1. The number of fused-ring (bicyclic) bond motifs is 5. The number of rotatable bonds is 1. The summed E-state index contributed by atoms with van der Waals surface area (Å²) in [5.74, 6) is 3.44. The van der Waals surface area contributed by atoms with Gasteiger partial charge in [0, 0.05) is 0 Å². The van der Waals surface area contributed by atoms with Gasteiger partial charge in [-0.05, 0) is 85.9 Å². The Morgan fingerprint density at radius 3 is 2.68 bits per heavy atom. The van der Waals surface area contributed by atoms with E-state index < -0.39 is 0 Å². The highest BCUT2D eigenvalue weighted by Crippen LogP contribution is 2.66. The van der Waals surface area contributed by atoms with Crippen molar-refractivity contribution in [3.05, 3.63) is 24.3 Å². The highest BCUT2D eigenvalue weighted by Gasteiger charge is 2.58. The first-order valence-corrected chi connectivity index (χ1v) is 9.51. The third kappa shape index (κ3) is 1.87. The largest absolute Gasteiger partial charge is 0.389 e. The van der Waals surface area contributed by atoms with Crippen LogP contribution in [-0.2, 0) is 0 Å². The molecule has 0 aliphatic heterocycles. The van der Waals surface area contributed by atoms with Crippen molar-refractivity contribution < 1.29 is 5.11 Å². The Kier molecular flexibility index (Phi) is 3.39. The van der Waals surface area contributed by atoms with E-state index in [0.717, 1.165) is 30.1 Å². The van der Waals surface area contributed by atoms with E-state index in [2.05, 4.69) is 32.6 Å². The van der Waals surface area contributed by atoms with Crippen LogP contribution in [0, 0.1) is 34.5 Å². The normalized spacial score (nSPS) is 54.0. The standard InChI is InChI=1S/C21H32O/c1-4-14-6-8-18-17-7-5-15-13-16(22)9-11-21(15,3)19(17)10-12-20(14,18)2/h4,13-14,16-19,22H,1,5-12H2,2-3H3/t14-,16-,17?,18?,19?,20+,21-/m0/s1. The molecule has 4 aliphatic carbocycles. The number of hydrogen-bond donors (Lipinski definition) is 1. The molecule has 7 atom stereocenters. The molecule has 3 saturated carbocycles. The molecule has 22 heavy (non-hydrogen) atoms. The number of allylic oxidation sites excluding steroid dienone is 2. The van der Waals surface area contributed by atoms with Crippen molar-refractivity contribution in [1.82, 2.24) is 0 Å². The summed E-state index contributed by atoms with van der Waals surface area (Å²) in [7, 11) is 0. The predicted molar refractivity (Wildman–Crippen MR) is 91.4 cm³/mol. The molecular weight excluding hydrogens is 268 g/mol. The van der Waals surface area contributed by atoms with Crippen LogP contribution in [0.3, 0.4) is 0 Å². The predicted octanol–water partition coefficient (Wildman–Crippen LogP) is 5.11. The Morgan fingerprint density at radius 1 is 1.09 bits per heavy atom. The topological polar surface area (TPSA) is 20.2 Å². The van der Waals surface area contributed by atoms with Crippen LogP contribution in [0.15, 0.2) is 24.3 Å². The van der Waals surface area contributed by atoms with Crippen LogP contribution in [0.1, 0.15) is 65.2 Å². The Balaban J connectivity index is 1.67. The molecule has 1 N–H and O–H groups in total. The first-order valence-electron chi connectivity index (χ1n) is 9.51. The summed E-state index contributed by atoms with van der Waals surface area (Å²) in [5.41, 5.74) is 2.50. The van der Waals surface area contributed by atoms with E-state index in [9.17, 15) is 5.11 Å². The fourth-order valence-corrected chi connectivity index (χ4v) is 7.14. The maximum absolute atomic E-state index is 10.0. The summed E-state index contributed by atoms with van der Waals surface area (Å²) in [6, 6.07) is 0. The van der Waals surface area contributed by atoms with Crippen LogP contribution in [0.2, 0.25) is 0 Å². The van der Waals surface area contributed by atoms with Gasteiger partial charge in [0.25, 0.3) is 0 Å². The van der Waals surface area contributed by atoms with Gasteiger partial charge in [-0.15, -0.1) is 6.58 Å². The van der Waals surface area contributed by atoms with Crippen LogP contribution in [0.5, 0.6) is 0 Å². The Bertz CT molecular complexity index is 506. The summed E-state index contributed by atoms with van der Waals surface area (Å²) in [6.07, 6.45) is 14.6. The smallest absolute Gasteiger partial charge is 0.0724 e. The minimum atomic E-state index is -0.176. The summed E-state index contributed by atoms with van der Waals surface area (Å²) in [5, 5.41) is 10.0. The molecule has 0 spiro atoms. The van der Waals surface area contributed by atoms with Gasteiger partial charge in [-0.2, -0.15) is 0 Å². The van der Waals surface area contributed by atoms with Crippen LogP contribution >= 0.6 is 0 Å². The fourth-order valence-electron chi connectivity index (χ4n) is 7.14. The molecule has 0 amide bonds. The molecule has 4 aliphatic rings. The van der Waals surface area contributed by atoms with Gasteiger partial charge in [0.15, 0.2) is 0 Å². The van der Waals surface area contributed by atoms with E-state index in [1.807, 2.05) is 0 Å². The van der Waals surface area contributed by atoms with E-state index in [1.165, 1.54) is 44.9 Å². The van der Waals surface area contributed by atoms with Crippen molar-refractivity contribution in [3.8, 4) is 0 Å². The van der Waals surface area contributed by atoms with Gasteiger partial charge < -0.3 is 5.11 Å². The minimum Gasteiger partial charge on any atom is -0.389 e. The van der Waals surface area contributed by atoms with Crippen LogP contribution < -0.4 is 0 Å².